The summed E-state index contributed by atoms with van der Waals surface area (Å²) in [6.07, 6.45) is 3.21. The number of carbonyl (C=O) groups is 2. The summed E-state index contributed by atoms with van der Waals surface area (Å²) in [4.78, 5) is 31.4. The van der Waals surface area contributed by atoms with E-state index in [1.54, 1.807) is 24.4 Å². The van der Waals surface area contributed by atoms with E-state index in [2.05, 4.69) is 11.1 Å². The molecule has 3 fully saturated rings. The molecule has 2 aromatic rings. The van der Waals surface area contributed by atoms with E-state index in [-0.39, 0.29) is 41.7 Å². The molecule has 2 aliphatic heterocycles. The molecule has 196 valence electrons. The number of fused-ring (bicyclic) bond motifs is 2. The van der Waals surface area contributed by atoms with Gasteiger partial charge in [0.1, 0.15) is 6.10 Å². The van der Waals surface area contributed by atoms with Crippen molar-refractivity contribution in [1.29, 1.82) is 0 Å². The summed E-state index contributed by atoms with van der Waals surface area (Å²) in [5, 5.41) is 0. The van der Waals surface area contributed by atoms with Gasteiger partial charge in [-0.25, -0.2) is 0 Å². The largest absolute Gasteiger partial charge is 0.462 e. The second-order valence-corrected chi connectivity index (χ2v) is 10.5. The van der Waals surface area contributed by atoms with Crippen LogP contribution in [-0.2, 0) is 20.5 Å². The maximum absolute atomic E-state index is 13.1. The molecule has 0 radical (unpaired) electrons. The number of benzene rings is 1. The summed E-state index contributed by atoms with van der Waals surface area (Å²) in [6.45, 7) is 5.24. The lowest BCUT2D eigenvalue weighted by molar-refractivity contribution is -0.144. The van der Waals surface area contributed by atoms with Crippen LogP contribution >= 0.6 is 0 Å². The number of carbonyl (C=O) groups excluding carboxylic acids is 2. The highest BCUT2D eigenvalue weighted by atomic mass is 19.4. The molecule has 0 spiro atoms. The zero-order valence-corrected chi connectivity index (χ0v) is 20.9. The molecule has 5 rings (SSSR count). The van der Waals surface area contributed by atoms with Crippen LogP contribution in [0.5, 0.6) is 0 Å². The molecule has 1 aliphatic carbocycles. The molecule has 8 heteroatoms. The molecule has 2 saturated heterocycles. The zero-order valence-electron chi connectivity index (χ0n) is 20.9. The lowest BCUT2D eigenvalue weighted by Crippen LogP contribution is -2.51. The Morgan fingerprint density at radius 2 is 2.03 bits per heavy atom. The number of ether oxygens (including phenoxy) is 1. The number of cyclic esters (lactones) is 1. The van der Waals surface area contributed by atoms with Crippen LogP contribution in [0, 0.1) is 29.6 Å². The second kappa shape index (κ2) is 9.95. The number of esters is 1. The van der Waals surface area contributed by atoms with Crippen molar-refractivity contribution in [2.75, 3.05) is 13.1 Å². The summed E-state index contributed by atoms with van der Waals surface area (Å²) in [7, 11) is 0. The van der Waals surface area contributed by atoms with Crippen LogP contribution in [0.1, 0.15) is 44.4 Å². The van der Waals surface area contributed by atoms with E-state index in [0.717, 1.165) is 31.5 Å². The number of piperidine rings is 1. The first-order chi connectivity index (χ1) is 17.7. The van der Waals surface area contributed by atoms with Crippen molar-refractivity contribution in [3.05, 3.63) is 59.9 Å². The number of likely N-dealkylation sites (tertiary alicyclic amines) is 1. The Hall–Kier alpha value is -3.16. The molecular formula is C29H31F3N2O3. The maximum atomic E-state index is 13.1. The number of hydrogen-bond acceptors (Lipinski definition) is 4. The van der Waals surface area contributed by atoms with E-state index < -0.39 is 11.7 Å². The van der Waals surface area contributed by atoms with E-state index in [9.17, 15) is 22.8 Å². The third-order valence-electron chi connectivity index (χ3n) is 8.35. The van der Waals surface area contributed by atoms with Crippen LogP contribution in [0.4, 0.5) is 13.2 Å². The van der Waals surface area contributed by atoms with Crippen molar-refractivity contribution in [3.63, 3.8) is 0 Å². The first-order valence-corrected chi connectivity index (χ1v) is 13.0. The number of aromatic nitrogens is 1. The molecule has 0 N–H and O–H groups in total. The quantitative estimate of drug-likeness (QED) is 0.482. The Labute approximate surface area is 214 Å². The molecule has 1 aromatic heterocycles. The lowest BCUT2D eigenvalue weighted by atomic mass is 9.59. The van der Waals surface area contributed by atoms with Crippen LogP contribution in [-0.4, -0.2) is 41.0 Å². The van der Waals surface area contributed by atoms with E-state index in [1.165, 1.54) is 6.07 Å². The van der Waals surface area contributed by atoms with Gasteiger partial charge in [-0.15, -0.1) is 0 Å². The monoisotopic (exact) mass is 512 g/mol. The van der Waals surface area contributed by atoms with Crippen molar-refractivity contribution < 1.29 is 27.5 Å². The minimum atomic E-state index is -4.40. The number of amides is 1. The molecule has 1 amide bonds. The highest BCUT2D eigenvalue weighted by Crippen LogP contribution is 2.51. The predicted molar refractivity (Wildman–Crippen MR) is 133 cm³/mol. The molecule has 6 unspecified atom stereocenters. The predicted octanol–water partition coefficient (Wildman–Crippen LogP) is 5.85. The van der Waals surface area contributed by atoms with Gasteiger partial charge in [0.05, 0.1) is 17.2 Å². The molecule has 1 saturated carbocycles. The molecule has 0 bridgehead atoms. The average Bonchev–Trinajstić information content (AvgIpc) is 3.18. The summed E-state index contributed by atoms with van der Waals surface area (Å²) in [6, 6.07) is 8.79. The van der Waals surface area contributed by atoms with Crippen molar-refractivity contribution in [3.8, 4) is 11.1 Å². The fraction of sp³-hybridized carbons (Fsp3) is 0.483. The summed E-state index contributed by atoms with van der Waals surface area (Å²) >= 11 is 0. The van der Waals surface area contributed by atoms with Gasteiger partial charge in [0.2, 0.25) is 5.91 Å². The smallest absolute Gasteiger partial charge is 0.416 e. The van der Waals surface area contributed by atoms with Crippen LogP contribution < -0.4 is 0 Å². The van der Waals surface area contributed by atoms with Crippen LogP contribution in [0.25, 0.3) is 17.2 Å². The van der Waals surface area contributed by atoms with E-state index in [4.69, 9.17) is 4.74 Å². The third kappa shape index (κ3) is 5.03. The molecular weight excluding hydrogens is 481 g/mol. The van der Waals surface area contributed by atoms with Gasteiger partial charge in [0.15, 0.2) is 0 Å². The number of hydrogen-bond donors (Lipinski definition) is 0. The number of allylic oxidation sites excluding steroid dienone is 1. The Morgan fingerprint density at radius 3 is 2.73 bits per heavy atom. The molecule has 1 aromatic carbocycles. The summed E-state index contributed by atoms with van der Waals surface area (Å²) in [5.74, 6) is 0.640. The Morgan fingerprint density at radius 1 is 1.22 bits per heavy atom. The SMILES string of the molecule is CCC(=O)N1CCC2C(CC3C(=O)OC(C)C3C2/C=C/c2ccc(-c3cccc(C(F)(F)F)c3)cn2)C1. The van der Waals surface area contributed by atoms with Gasteiger partial charge in [-0.1, -0.05) is 31.2 Å². The van der Waals surface area contributed by atoms with Crippen molar-refractivity contribution in [2.45, 2.75) is 45.4 Å². The third-order valence-corrected chi connectivity index (χ3v) is 8.35. The molecule has 3 aliphatic rings. The van der Waals surface area contributed by atoms with Crippen molar-refractivity contribution >= 4 is 18.0 Å². The minimum Gasteiger partial charge on any atom is -0.462 e. The number of pyridine rings is 1. The average molecular weight is 513 g/mol. The lowest BCUT2D eigenvalue weighted by Gasteiger charge is -2.48. The highest BCUT2D eigenvalue weighted by molar-refractivity contribution is 5.77. The highest BCUT2D eigenvalue weighted by Gasteiger charge is 2.54. The van der Waals surface area contributed by atoms with Gasteiger partial charge in [0.25, 0.3) is 0 Å². The second-order valence-electron chi connectivity index (χ2n) is 10.5. The number of alkyl halides is 3. The molecule has 3 heterocycles. The van der Waals surface area contributed by atoms with Crippen LogP contribution in [0.3, 0.4) is 0 Å². The fourth-order valence-corrected chi connectivity index (χ4v) is 6.57. The number of nitrogens with zero attached hydrogens (tertiary/aromatic N) is 2. The van der Waals surface area contributed by atoms with Crippen LogP contribution in [0.15, 0.2) is 48.7 Å². The van der Waals surface area contributed by atoms with Gasteiger partial charge in [-0.05, 0) is 67.4 Å². The van der Waals surface area contributed by atoms with Gasteiger partial charge in [0, 0.05) is 37.2 Å². The Kier molecular flexibility index (Phi) is 6.86. The van der Waals surface area contributed by atoms with E-state index in [1.807, 2.05) is 24.8 Å². The maximum Gasteiger partial charge on any atom is 0.416 e. The molecule has 5 nitrogen and oxygen atoms in total. The van der Waals surface area contributed by atoms with Gasteiger partial charge < -0.3 is 9.64 Å². The Balaban J connectivity index is 1.37. The molecule has 6 atom stereocenters. The molecule has 37 heavy (non-hydrogen) atoms. The minimum absolute atomic E-state index is 0.0859. The topological polar surface area (TPSA) is 59.5 Å². The van der Waals surface area contributed by atoms with E-state index >= 15 is 0 Å². The van der Waals surface area contributed by atoms with Gasteiger partial charge in [-0.3, -0.25) is 14.6 Å². The summed E-state index contributed by atoms with van der Waals surface area (Å²) in [5.41, 5.74) is 1.08. The number of rotatable bonds is 4. The van der Waals surface area contributed by atoms with Gasteiger partial charge >= 0.3 is 12.1 Å². The first-order valence-electron chi connectivity index (χ1n) is 13.0. The van der Waals surface area contributed by atoms with E-state index in [0.29, 0.717) is 35.7 Å². The normalized spacial score (nSPS) is 29.6. The summed E-state index contributed by atoms with van der Waals surface area (Å²) < 4.78 is 44.9. The fourth-order valence-electron chi connectivity index (χ4n) is 6.57. The van der Waals surface area contributed by atoms with Gasteiger partial charge in [-0.2, -0.15) is 13.2 Å². The zero-order chi connectivity index (χ0) is 26.3. The Bertz CT molecular complexity index is 1190. The van der Waals surface area contributed by atoms with Crippen LogP contribution in [0.2, 0.25) is 0 Å². The first kappa shape index (κ1) is 25.5. The number of halogens is 3. The van der Waals surface area contributed by atoms with Crippen molar-refractivity contribution in [2.24, 2.45) is 29.6 Å². The van der Waals surface area contributed by atoms with Crippen molar-refractivity contribution in [1.82, 2.24) is 9.88 Å². The standard InChI is InChI=1S/C29H31F3N2O3/c1-3-26(35)34-12-11-23-20(16-34)14-25-27(17(2)37-28(25)36)24(23)10-9-22-8-7-19(15-33-22)18-5-4-6-21(13-18)29(30,31)32/h4-10,13,15,17,20,23-25,27H,3,11-12,14,16H2,1-2H3/b10-9+.